The van der Waals surface area contributed by atoms with Crippen LogP contribution < -0.4 is 0 Å². The van der Waals surface area contributed by atoms with E-state index in [9.17, 15) is 4.79 Å². The van der Waals surface area contributed by atoms with Gasteiger partial charge in [0.15, 0.2) is 0 Å². The number of carbonyl (C=O) groups excluding carboxylic acids is 1. The zero-order chi connectivity index (χ0) is 11.1. The first-order valence-corrected chi connectivity index (χ1v) is 5.91. The van der Waals surface area contributed by atoms with Gasteiger partial charge in [0.2, 0.25) is 0 Å². The number of ether oxygens (including phenoxy) is 1. The predicted octanol–water partition coefficient (Wildman–Crippen LogP) is 1.56. The minimum Gasteiger partial charge on any atom is -0.380 e. The number of hydrogen-bond acceptors (Lipinski definition) is 2. The Balaban J connectivity index is 2.22. The molecule has 0 saturated carbocycles. The van der Waals surface area contributed by atoms with Crippen LogP contribution in [0.4, 0.5) is 4.79 Å². The lowest BCUT2D eigenvalue weighted by atomic mass is 10.3. The van der Waals surface area contributed by atoms with E-state index >= 15 is 0 Å². The van der Waals surface area contributed by atoms with E-state index in [-0.39, 0.29) is 6.03 Å². The Bertz CT molecular complexity index is 197. The number of unbranched alkanes of at least 4 members (excludes halogenated alkanes) is 1. The lowest BCUT2D eigenvalue weighted by Crippen LogP contribution is -2.34. The van der Waals surface area contributed by atoms with Crippen molar-refractivity contribution in [2.75, 3.05) is 39.4 Å². The van der Waals surface area contributed by atoms with Crippen molar-refractivity contribution in [3.8, 4) is 0 Å². The first kappa shape index (κ1) is 12.3. The smallest absolute Gasteiger partial charge is 0.320 e. The molecule has 0 atom stereocenters. The van der Waals surface area contributed by atoms with E-state index in [1.54, 1.807) is 0 Å². The molecule has 0 bridgehead atoms. The maximum absolute atomic E-state index is 11.8. The molecule has 0 unspecified atom stereocenters. The highest BCUT2D eigenvalue weighted by Crippen LogP contribution is 2.09. The van der Waals surface area contributed by atoms with Crippen LogP contribution in [-0.4, -0.2) is 55.2 Å². The summed E-state index contributed by atoms with van der Waals surface area (Å²) < 4.78 is 5.25. The molecular formula is C11H22N2O2. The Hall–Kier alpha value is -0.770. The topological polar surface area (TPSA) is 32.8 Å². The minimum atomic E-state index is 0.183. The van der Waals surface area contributed by atoms with Crippen LogP contribution in [0.2, 0.25) is 0 Å². The van der Waals surface area contributed by atoms with E-state index in [0.717, 1.165) is 45.6 Å². The molecule has 0 aromatic carbocycles. The second-order valence-electron chi connectivity index (χ2n) is 3.81. The number of hydrogen-bond donors (Lipinski definition) is 0. The predicted molar refractivity (Wildman–Crippen MR) is 59.9 cm³/mol. The number of carbonyl (C=O) groups is 1. The van der Waals surface area contributed by atoms with E-state index in [4.69, 9.17) is 4.74 Å². The zero-order valence-corrected chi connectivity index (χ0v) is 9.87. The lowest BCUT2D eigenvalue weighted by molar-refractivity contribution is 0.123. The highest BCUT2D eigenvalue weighted by atomic mass is 16.5. The summed E-state index contributed by atoms with van der Waals surface area (Å²) in [6.45, 7) is 8.87. The molecule has 1 saturated heterocycles. The Labute approximate surface area is 92.2 Å². The lowest BCUT2D eigenvalue weighted by Gasteiger charge is -2.18. The van der Waals surface area contributed by atoms with E-state index in [2.05, 4.69) is 6.92 Å². The van der Waals surface area contributed by atoms with Crippen molar-refractivity contribution in [2.24, 2.45) is 0 Å². The second-order valence-corrected chi connectivity index (χ2v) is 3.81. The van der Waals surface area contributed by atoms with Crippen LogP contribution in [0.1, 0.15) is 26.7 Å². The monoisotopic (exact) mass is 214 g/mol. The van der Waals surface area contributed by atoms with Crippen molar-refractivity contribution >= 4 is 6.03 Å². The first-order valence-electron chi connectivity index (χ1n) is 5.91. The molecule has 1 fully saturated rings. The Morgan fingerprint density at radius 3 is 2.47 bits per heavy atom. The summed E-state index contributed by atoms with van der Waals surface area (Å²) >= 11 is 0. The Kier molecular flexibility index (Phi) is 5.47. The molecule has 2 amide bonds. The second kappa shape index (κ2) is 6.67. The molecule has 0 aromatic rings. The molecule has 0 N–H and O–H groups in total. The van der Waals surface area contributed by atoms with Gasteiger partial charge in [0.05, 0.1) is 6.61 Å². The van der Waals surface area contributed by atoms with E-state index < -0.39 is 0 Å². The summed E-state index contributed by atoms with van der Waals surface area (Å²) in [6.07, 6.45) is 2.24. The van der Waals surface area contributed by atoms with E-state index in [1.807, 2.05) is 16.7 Å². The highest BCUT2D eigenvalue weighted by molar-refractivity contribution is 5.76. The third kappa shape index (κ3) is 3.70. The fourth-order valence-corrected chi connectivity index (χ4v) is 1.72. The average molecular weight is 214 g/mol. The van der Waals surface area contributed by atoms with Gasteiger partial charge < -0.3 is 14.5 Å². The van der Waals surface area contributed by atoms with Gasteiger partial charge in [-0.3, -0.25) is 0 Å². The molecule has 0 aliphatic carbocycles. The molecule has 0 radical (unpaired) electrons. The van der Waals surface area contributed by atoms with Crippen LogP contribution in [0.3, 0.4) is 0 Å². The molecule has 1 aliphatic heterocycles. The first-order chi connectivity index (χ1) is 7.29. The molecule has 0 aromatic heterocycles. The molecule has 1 heterocycles. The normalized spacial score (nSPS) is 16.5. The van der Waals surface area contributed by atoms with Gasteiger partial charge in [0.1, 0.15) is 0 Å². The van der Waals surface area contributed by atoms with Gasteiger partial charge >= 0.3 is 6.03 Å². The van der Waals surface area contributed by atoms with Crippen molar-refractivity contribution in [3.63, 3.8) is 0 Å². The van der Waals surface area contributed by atoms with Gasteiger partial charge in [0, 0.05) is 32.8 Å². The van der Waals surface area contributed by atoms with Gasteiger partial charge in [-0.15, -0.1) is 0 Å². The van der Waals surface area contributed by atoms with Crippen molar-refractivity contribution in [1.82, 2.24) is 9.80 Å². The van der Waals surface area contributed by atoms with Crippen LogP contribution in [0.25, 0.3) is 0 Å². The third-order valence-corrected chi connectivity index (χ3v) is 2.67. The molecule has 0 spiro atoms. The van der Waals surface area contributed by atoms with Gasteiger partial charge in [-0.25, -0.2) is 4.79 Å². The van der Waals surface area contributed by atoms with Crippen molar-refractivity contribution < 1.29 is 9.53 Å². The number of urea groups is 1. The van der Waals surface area contributed by atoms with Gasteiger partial charge in [-0.1, -0.05) is 13.3 Å². The van der Waals surface area contributed by atoms with Gasteiger partial charge in [0.25, 0.3) is 0 Å². The Morgan fingerprint density at radius 1 is 1.20 bits per heavy atom. The third-order valence-electron chi connectivity index (χ3n) is 2.67. The zero-order valence-electron chi connectivity index (χ0n) is 9.87. The van der Waals surface area contributed by atoms with Crippen molar-refractivity contribution in [2.45, 2.75) is 26.7 Å². The Morgan fingerprint density at radius 2 is 1.87 bits per heavy atom. The van der Waals surface area contributed by atoms with Crippen LogP contribution in [-0.2, 0) is 4.74 Å². The number of rotatable bonds is 7. The molecule has 4 nitrogen and oxygen atoms in total. The summed E-state index contributed by atoms with van der Waals surface area (Å²) in [5, 5.41) is 0. The van der Waals surface area contributed by atoms with Crippen molar-refractivity contribution in [1.29, 1.82) is 0 Å². The van der Waals surface area contributed by atoms with Crippen LogP contribution in [0.15, 0.2) is 0 Å². The fourth-order valence-electron chi connectivity index (χ4n) is 1.72. The highest BCUT2D eigenvalue weighted by Gasteiger charge is 2.26. The maximum Gasteiger partial charge on any atom is 0.320 e. The van der Waals surface area contributed by atoms with Gasteiger partial charge in [-0.2, -0.15) is 0 Å². The van der Waals surface area contributed by atoms with Crippen LogP contribution in [0.5, 0.6) is 0 Å². The van der Waals surface area contributed by atoms with Crippen LogP contribution >= 0.6 is 0 Å². The fraction of sp³-hybridized carbons (Fsp3) is 0.909. The molecule has 1 aliphatic rings. The number of amides is 2. The summed E-state index contributed by atoms with van der Waals surface area (Å²) in [6, 6.07) is 0.183. The average Bonchev–Trinajstić information content (AvgIpc) is 2.58. The summed E-state index contributed by atoms with van der Waals surface area (Å²) in [5.74, 6) is 0. The quantitative estimate of drug-likeness (QED) is 0.602. The molecular weight excluding hydrogens is 192 g/mol. The summed E-state index contributed by atoms with van der Waals surface area (Å²) in [7, 11) is 0. The number of nitrogens with zero attached hydrogens (tertiary/aromatic N) is 2. The molecule has 88 valence electrons. The summed E-state index contributed by atoms with van der Waals surface area (Å²) in [4.78, 5) is 15.6. The van der Waals surface area contributed by atoms with Gasteiger partial charge in [-0.05, 0) is 13.3 Å². The minimum absolute atomic E-state index is 0.183. The van der Waals surface area contributed by atoms with E-state index in [1.165, 1.54) is 0 Å². The summed E-state index contributed by atoms with van der Waals surface area (Å²) in [5.41, 5.74) is 0. The molecule has 1 rings (SSSR count). The molecule has 4 heteroatoms. The SMILES string of the molecule is CCCCN1CCN(CCOCC)C1=O. The standard InChI is InChI=1S/C11H22N2O2/c1-3-5-6-12-7-8-13(11(12)14)9-10-15-4-2/h3-10H2,1-2H3. The van der Waals surface area contributed by atoms with E-state index in [0.29, 0.717) is 6.61 Å². The molecule has 15 heavy (non-hydrogen) atoms. The largest absolute Gasteiger partial charge is 0.380 e. The van der Waals surface area contributed by atoms with Crippen molar-refractivity contribution in [3.05, 3.63) is 0 Å². The van der Waals surface area contributed by atoms with Crippen LogP contribution in [0, 0.1) is 0 Å². The maximum atomic E-state index is 11.8.